The number of rotatable bonds is 4. The van der Waals surface area contributed by atoms with Gasteiger partial charge in [0.1, 0.15) is 0 Å². The van der Waals surface area contributed by atoms with Crippen LogP contribution in [-0.2, 0) is 16.1 Å². The van der Waals surface area contributed by atoms with Crippen molar-refractivity contribution in [2.45, 2.75) is 12.1 Å². The van der Waals surface area contributed by atoms with E-state index in [0.29, 0.717) is 16.6 Å². The summed E-state index contributed by atoms with van der Waals surface area (Å²) in [7, 11) is 0. The molecule has 1 heterocycles. The number of hydrogen-bond acceptors (Lipinski definition) is 3. The van der Waals surface area contributed by atoms with Gasteiger partial charge in [0.05, 0.1) is 13.2 Å². The van der Waals surface area contributed by atoms with Crippen LogP contribution in [0.1, 0.15) is 5.56 Å². The minimum absolute atomic E-state index is 0.174. The molecule has 0 aliphatic carbocycles. The van der Waals surface area contributed by atoms with E-state index in [2.05, 4.69) is 5.32 Å². The predicted octanol–water partition coefficient (Wildman–Crippen LogP) is 1.94. The highest BCUT2D eigenvalue weighted by atomic mass is 35.5. The van der Waals surface area contributed by atoms with E-state index < -0.39 is 11.5 Å². The van der Waals surface area contributed by atoms with Gasteiger partial charge in [0.15, 0.2) is 5.54 Å². The summed E-state index contributed by atoms with van der Waals surface area (Å²) in [6.07, 6.45) is 0. The predicted molar refractivity (Wildman–Crippen MR) is 64.5 cm³/mol. The number of carboxylic acids is 1. The van der Waals surface area contributed by atoms with Gasteiger partial charge in [-0.2, -0.15) is 0 Å². The standard InChI is InChI=1S/C11H11Cl2NO3/c12-8-2-1-7(9(13)3-8)4-14-11(10(15)16)5-17-6-11/h1-3,14H,4-6H2,(H,15,16). The molecule has 92 valence electrons. The normalized spacial score (nSPS) is 17.5. The summed E-state index contributed by atoms with van der Waals surface area (Å²) >= 11 is 11.8. The summed E-state index contributed by atoms with van der Waals surface area (Å²) in [6.45, 7) is 0.715. The zero-order valence-corrected chi connectivity index (χ0v) is 10.4. The van der Waals surface area contributed by atoms with Crippen LogP contribution in [0.2, 0.25) is 10.0 Å². The molecule has 0 amide bonds. The maximum absolute atomic E-state index is 11.1. The number of benzene rings is 1. The molecule has 2 N–H and O–H groups in total. The molecule has 0 atom stereocenters. The Kier molecular flexibility index (Phi) is 3.58. The molecule has 1 aromatic carbocycles. The quantitative estimate of drug-likeness (QED) is 0.882. The average Bonchev–Trinajstić information content (AvgIpc) is 2.18. The van der Waals surface area contributed by atoms with Gasteiger partial charge < -0.3 is 9.84 Å². The number of hydrogen-bond donors (Lipinski definition) is 2. The third kappa shape index (κ3) is 2.55. The Labute approximate surface area is 108 Å². The van der Waals surface area contributed by atoms with E-state index in [4.69, 9.17) is 33.0 Å². The number of halogens is 2. The Balaban J connectivity index is 2.04. The molecular weight excluding hydrogens is 265 g/mol. The minimum Gasteiger partial charge on any atom is -0.480 e. The molecule has 4 nitrogen and oxygen atoms in total. The molecule has 2 rings (SSSR count). The van der Waals surface area contributed by atoms with Crippen molar-refractivity contribution in [1.29, 1.82) is 0 Å². The first kappa shape index (κ1) is 12.6. The highest BCUT2D eigenvalue weighted by Gasteiger charge is 2.45. The van der Waals surface area contributed by atoms with Gasteiger partial charge in [-0.05, 0) is 17.7 Å². The van der Waals surface area contributed by atoms with E-state index in [1.807, 2.05) is 0 Å². The van der Waals surface area contributed by atoms with Gasteiger partial charge in [-0.25, -0.2) is 0 Å². The first-order valence-electron chi connectivity index (χ1n) is 5.04. The molecule has 1 aromatic rings. The number of ether oxygens (including phenoxy) is 1. The van der Waals surface area contributed by atoms with Crippen molar-refractivity contribution in [1.82, 2.24) is 5.32 Å². The van der Waals surface area contributed by atoms with Crippen molar-refractivity contribution in [3.05, 3.63) is 33.8 Å². The second-order valence-corrected chi connectivity index (χ2v) is 4.81. The van der Waals surface area contributed by atoms with Crippen LogP contribution >= 0.6 is 23.2 Å². The highest BCUT2D eigenvalue weighted by Crippen LogP contribution is 2.23. The molecule has 1 saturated heterocycles. The lowest BCUT2D eigenvalue weighted by atomic mass is 9.97. The molecule has 1 aliphatic heterocycles. The van der Waals surface area contributed by atoms with E-state index in [1.54, 1.807) is 18.2 Å². The lowest BCUT2D eigenvalue weighted by molar-refractivity contribution is -0.166. The molecule has 0 bridgehead atoms. The molecule has 6 heteroatoms. The summed E-state index contributed by atoms with van der Waals surface area (Å²) in [6, 6.07) is 5.12. The molecule has 0 saturated carbocycles. The largest absolute Gasteiger partial charge is 0.480 e. The second kappa shape index (κ2) is 4.82. The monoisotopic (exact) mass is 275 g/mol. The van der Waals surface area contributed by atoms with Gasteiger partial charge in [-0.3, -0.25) is 10.1 Å². The molecule has 17 heavy (non-hydrogen) atoms. The Morgan fingerprint density at radius 1 is 1.47 bits per heavy atom. The van der Waals surface area contributed by atoms with Crippen molar-refractivity contribution < 1.29 is 14.6 Å². The number of carbonyl (C=O) groups is 1. The Morgan fingerprint density at radius 3 is 2.65 bits per heavy atom. The van der Waals surface area contributed by atoms with Crippen LogP contribution in [0.15, 0.2) is 18.2 Å². The third-order valence-electron chi connectivity index (χ3n) is 2.74. The average molecular weight is 276 g/mol. The van der Waals surface area contributed by atoms with Gasteiger partial charge in [-0.1, -0.05) is 29.3 Å². The maximum atomic E-state index is 11.1. The van der Waals surface area contributed by atoms with Crippen LogP contribution in [0.5, 0.6) is 0 Å². The first-order chi connectivity index (χ1) is 8.03. The van der Waals surface area contributed by atoms with E-state index >= 15 is 0 Å². The topological polar surface area (TPSA) is 58.6 Å². The molecule has 1 aliphatic rings. The Bertz CT molecular complexity index is 446. The van der Waals surface area contributed by atoms with E-state index in [0.717, 1.165) is 5.56 Å². The zero-order valence-electron chi connectivity index (χ0n) is 8.87. The highest BCUT2D eigenvalue weighted by molar-refractivity contribution is 6.35. The van der Waals surface area contributed by atoms with Gasteiger partial charge in [0.2, 0.25) is 0 Å². The fourth-order valence-electron chi connectivity index (χ4n) is 1.54. The van der Waals surface area contributed by atoms with Crippen LogP contribution < -0.4 is 5.32 Å². The number of aliphatic carboxylic acids is 1. The SMILES string of the molecule is O=C(O)C1(NCc2ccc(Cl)cc2Cl)COC1. The lowest BCUT2D eigenvalue weighted by Gasteiger charge is -2.38. The van der Waals surface area contributed by atoms with Crippen LogP contribution in [0.4, 0.5) is 0 Å². The molecule has 0 aromatic heterocycles. The molecule has 0 unspecified atom stereocenters. The van der Waals surface area contributed by atoms with Crippen LogP contribution in [0.3, 0.4) is 0 Å². The van der Waals surface area contributed by atoms with Crippen molar-refractivity contribution in [2.24, 2.45) is 0 Å². The zero-order chi connectivity index (χ0) is 12.5. The number of nitrogens with one attached hydrogen (secondary N) is 1. The third-order valence-corrected chi connectivity index (χ3v) is 3.33. The smallest absolute Gasteiger partial charge is 0.328 e. The van der Waals surface area contributed by atoms with Crippen molar-refractivity contribution in [2.75, 3.05) is 13.2 Å². The minimum atomic E-state index is -0.983. The van der Waals surface area contributed by atoms with Crippen molar-refractivity contribution in [3.8, 4) is 0 Å². The number of carboxylic acid groups (broad SMARTS) is 1. The summed E-state index contributed by atoms with van der Waals surface area (Å²) in [5, 5.41) is 13.1. The molecule has 0 radical (unpaired) electrons. The Hall–Kier alpha value is -0.810. The van der Waals surface area contributed by atoms with Crippen LogP contribution in [0, 0.1) is 0 Å². The van der Waals surface area contributed by atoms with E-state index in [1.165, 1.54) is 0 Å². The first-order valence-corrected chi connectivity index (χ1v) is 5.79. The van der Waals surface area contributed by atoms with Gasteiger partial charge in [0.25, 0.3) is 0 Å². The fraction of sp³-hybridized carbons (Fsp3) is 0.364. The van der Waals surface area contributed by atoms with Crippen LogP contribution in [-0.4, -0.2) is 29.8 Å². The Morgan fingerprint density at radius 2 is 2.18 bits per heavy atom. The molecule has 0 spiro atoms. The summed E-state index contributed by atoms with van der Waals surface area (Å²) < 4.78 is 4.94. The summed E-state index contributed by atoms with van der Waals surface area (Å²) in [5.41, 5.74) is -0.174. The summed E-state index contributed by atoms with van der Waals surface area (Å²) in [4.78, 5) is 11.1. The van der Waals surface area contributed by atoms with E-state index in [-0.39, 0.29) is 13.2 Å². The van der Waals surface area contributed by atoms with Gasteiger partial charge in [0, 0.05) is 16.6 Å². The fourth-order valence-corrected chi connectivity index (χ4v) is 2.01. The summed E-state index contributed by atoms with van der Waals surface area (Å²) in [5.74, 6) is -0.908. The van der Waals surface area contributed by atoms with Gasteiger partial charge in [-0.15, -0.1) is 0 Å². The van der Waals surface area contributed by atoms with Crippen molar-refractivity contribution >= 4 is 29.2 Å². The lowest BCUT2D eigenvalue weighted by Crippen LogP contribution is -2.65. The molecular formula is C11H11Cl2NO3. The van der Waals surface area contributed by atoms with Crippen molar-refractivity contribution in [3.63, 3.8) is 0 Å². The van der Waals surface area contributed by atoms with Crippen LogP contribution in [0.25, 0.3) is 0 Å². The second-order valence-electron chi connectivity index (χ2n) is 3.97. The van der Waals surface area contributed by atoms with E-state index in [9.17, 15) is 4.79 Å². The van der Waals surface area contributed by atoms with Gasteiger partial charge >= 0.3 is 5.97 Å². The maximum Gasteiger partial charge on any atom is 0.328 e. The molecule has 1 fully saturated rings.